The summed E-state index contributed by atoms with van der Waals surface area (Å²) in [5.41, 5.74) is 3.30. The molecule has 1 aromatic heterocycles. The van der Waals surface area contributed by atoms with E-state index in [0.717, 1.165) is 11.3 Å². The number of aromatic hydroxyl groups is 1. The van der Waals surface area contributed by atoms with E-state index in [-0.39, 0.29) is 29.7 Å². The van der Waals surface area contributed by atoms with Crippen molar-refractivity contribution in [3.05, 3.63) is 71.9 Å². The van der Waals surface area contributed by atoms with Gasteiger partial charge < -0.3 is 29.1 Å². The van der Waals surface area contributed by atoms with Crippen LogP contribution in [0.5, 0.6) is 5.75 Å². The molecule has 3 heteroatoms. The minimum Gasteiger partial charge on any atom is -1.00 e. The highest BCUT2D eigenvalue weighted by atomic mass is 127. The summed E-state index contributed by atoms with van der Waals surface area (Å²) in [7, 11) is 2.06. The van der Waals surface area contributed by atoms with Crippen LogP contribution in [0.1, 0.15) is 11.3 Å². The van der Waals surface area contributed by atoms with E-state index < -0.39 is 0 Å². The quantitative estimate of drug-likeness (QED) is 0.503. The number of hydrogen-bond acceptors (Lipinski definition) is 1. The largest absolute Gasteiger partial charge is 1.00 e. The van der Waals surface area contributed by atoms with Gasteiger partial charge in [-0.05, 0) is 35.9 Å². The highest BCUT2D eigenvalue weighted by Gasteiger charge is 2.07. The lowest BCUT2D eigenvalue weighted by molar-refractivity contribution is -0.646. The third-order valence-corrected chi connectivity index (χ3v) is 3.44. The SMILES string of the molecule is C[n+]1c(/C=C/c2cccc(O)c2)ccc2ccccc21.[I-]. The molecule has 0 bridgehead atoms. The van der Waals surface area contributed by atoms with E-state index in [2.05, 4.69) is 42.0 Å². The number of pyridine rings is 1. The van der Waals surface area contributed by atoms with Crippen molar-refractivity contribution in [1.29, 1.82) is 0 Å². The number of aryl methyl sites for hydroxylation is 1. The summed E-state index contributed by atoms with van der Waals surface area (Å²) in [5.74, 6) is 0.287. The molecule has 0 unspecified atom stereocenters. The fourth-order valence-corrected chi connectivity index (χ4v) is 2.34. The maximum absolute atomic E-state index is 9.47. The van der Waals surface area contributed by atoms with Crippen molar-refractivity contribution >= 4 is 23.1 Å². The Morgan fingerprint density at radius 3 is 2.52 bits per heavy atom. The van der Waals surface area contributed by atoms with Gasteiger partial charge in [-0.1, -0.05) is 24.3 Å². The molecule has 0 amide bonds. The number of halogens is 1. The zero-order chi connectivity index (χ0) is 13.9. The van der Waals surface area contributed by atoms with Crippen LogP contribution in [-0.2, 0) is 7.05 Å². The number of phenolic OH excluding ortho intramolecular Hbond substituents is 1. The second kappa shape index (κ2) is 6.72. The van der Waals surface area contributed by atoms with Gasteiger partial charge in [0.2, 0.25) is 11.2 Å². The Balaban J connectivity index is 0.00000161. The lowest BCUT2D eigenvalue weighted by Gasteiger charge is -2.00. The molecule has 0 fully saturated rings. The van der Waals surface area contributed by atoms with Crippen LogP contribution < -0.4 is 28.5 Å². The fraction of sp³-hybridized carbons (Fsp3) is 0.0556. The zero-order valence-electron chi connectivity index (χ0n) is 11.7. The van der Waals surface area contributed by atoms with Gasteiger partial charge in [0.15, 0.2) is 0 Å². The van der Waals surface area contributed by atoms with Gasteiger partial charge in [0.25, 0.3) is 0 Å². The van der Waals surface area contributed by atoms with Crippen LogP contribution in [0.3, 0.4) is 0 Å². The van der Waals surface area contributed by atoms with Gasteiger partial charge in [-0.2, -0.15) is 4.57 Å². The van der Waals surface area contributed by atoms with Gasteiger partial charge in [0, 0.05) is 23.6 Å². The van der Waals surface area contributed by atoms with E-state index in [1.165, 1.54) is 10.9 Å². The monoisotopic (exact) mass is 389 g/mol. The van der Waals surface area contributed by atoms with Crippen molar-refractivity contribution in [2.45, 2.75) is 0 Å². The van der Waals surface area contributed by atoms with Crippen molar-refractivity contribution in [2.24, 2.45) is 7.05 Å². The first-order chi connectivity index (χ1) is 9.74. The standard InChI is InChI=1S/C18H15NO.HI/c1-19-16(11-9-14-5-4-7-17(20)13-14)12-10-15-6-2-3-8-18(15)19;/h2-13H,1H3;1H/b11-9+;. The lowest BCUT2D eigenvalue weighted by atomic mass is 10.1. The summed E-state index contributed by atoms with van der Waals surface area (Å²) >= 11 is 0. The molecule has 21 heavy (non-hydrogen) atoms. The van der Waals surface area contributed by atoms with Crippen LogP contribution in [-0.4, -0.2) is 5.11 Å². The van der Waals surface area contributed by atoms with E-state index in [9.17, 15) is 5.11 Å². The number of rotatable bonds is 2. The van der Waals surface area contributed by atoms with Crippen LogP contribution in [0.4, 0.5) is 0 Å². The summed E-state index contributed by atoms with van der Waals surface area (Å²) in [6, 6.07) is 19.8. The van der Waals surface area contributed by atoms with Gasteiger partial charge in [0.1, 0.15) is 12.8 Å². The first-order valence-corrected chi connectivity index (χ1v) is 6.59. The minimum atomic E-state index is 0. The third kappa shape index (κ3) is 3.42. The van der Waals surface area contributed by atoms with Gasteiger partial charge in [-0.15, -0.1) is 0 Å². The smallest absolute Gasteiger partial charge is 0.212 e. The molecule has 0 saturated heterocycles. The van der Waals surface area contributed by atoms with Gasteiger partial charge in [-0.3, -0.25) is 0 Å². The molecular weight excluding hydrogens is 373 g/mol. The molecule has 2 aromatic carbocycles. The van der Waals surface area contributed by atoms with E-state index in [1.807, 2.05) is 30.3 Å². The molecule has 1 heterocycles. The predicted molar refractivity (Wildman–Crippen MR) is 82.2 cm³/mol. The van der Waals surface area contributed by atoms with Gasteiger partial charge in [0.05, 0.1) is 0 Å². The molecule has 0 radical (unpaired) electrons. The zero-order valence-corrected chi connectivity index (χ0v) is 13.9. The van der Waals surface area contributed by atoms with Crippen molar-refractivity contribution in [2.75, 3.05) is 0 Å². The number of hydrogen-bond donors (Lipinski definition) is 1. The molecule has 106 valence electrons. The van der Waals surface area contributed by atoms with Crippen LogP contribution in [0.25, 0.3) is 23.1 Å². The number of nitrogens with zero attached hydrogens (tertiary/aromatic N) is 1. The van der Waals surface area contributed by atoms with Gasteiger partial charge in [-0.25, -0.2) is 0 Å². The first kappa shape index (κ1) is 15.5. The Labute approximate surface area is 141 Å². The molecule has 0 atom stereocenters. The Morgan fingerprint density at radius 1 is 0.905 bits per heavy atom. The Kier molecular flexibility index (Phi) is 4.96. The summed E-state index contributed by atoms with van der Waals surface area (Å²) in [4.78, 5) is 0. The summed E-state index contributed by atoms with van der Waals surface area (Å²) in [6.45, 7) is 0. The molecule has 0 aliphatic heterocycles. The average Bonchev–Trinajstić information content (AvgIpc) is 2.47. The van der Waals surface area contributed by atoms with E-state index >= 15 is 0 Å². The maximum atomic E-state index is 9.47. The Morgan fingerprint density at radius 2 is 1.71 bits per heavy atom. The molecule has 3 rings (SSSR count). The molecule has 3 aromatic rings. The van der Waals surface area contributed by atoms with Crippen LogP contribution in [0, 0.1) is 0 Å². The Bertz CT molecular complexity index is 796. The summed E-state index contributed by atoms with van der Waals surface area (Å²) < 4.78 is 2.16. The average molecular weight is 389 g/mol. The number of fused-ring (bicyclic) bond motifs is 1. The van der Waals surface area contributed by atoms with Crippen LogP contribution in [0.15, 0.2) is 60.7 Å². The molecule has 0 spiro atoms. The van der Waals surface area contributed by atoms with Crippen molar-refractivity contribution < 1.29 is 33.7 Å². The summed E-state index contributed by atoms with van der Waals surface area (Å²) in [6.07, 6.45) is 4.06. The normalized spacial score (nSPS) is 10.7. The van der Waals surface area contributed by atoms with E-state index in [1.54, 1.807) is 12.1 Å². The number of phenols is 1. The second-order valence-corrected chi connectivity index (χ2v) is 4.80. The van der Waals surface area contributed by atoms with Crippen LogP contribution in [0.2, 0.25) is 0 Å². The molecule has 0 saturated carbocycles. The molecule has 1 N–H and O–H groups in total. The molecule has 0 aliphatic rings. The van der Waals surface area contributed by atoms with Crippen molar-refractivity contribution in [3.8, 4) is 5.75 Å². The first-order valence-electron chi connectivity index (χ1n) is 6.59. The highest BCUT2D eigenvalue weighted by molar-refractivity contribution is 5.77. The third-order valence-electron chi connectivity index (χ3n) is 3.44. The number of aromatic nitrogens is 1. The Hall–Kier alpha value is -1.88. The van der Waals surface area contributed by atoms with Crippen molar-refractivity contribution in [1.82, 2.24) is 0 Å². The van der Waals surface area contributed by atoms with Crippen LogP contribution >= 0.6 is 0 Å². The topological polar surface area (TPSA) is 24.1 Å². The second-order valence-electron chi connectivity index (χ2n) is 4.80. The van der Waals surface area contributed by atoms with Gasteiger partial charge >= 0.3 is 0 Å². The van der Waals surface area contributed by atoms with E-state index in [4.69, 9.17) is 0 Å². The lowest BCUT2D eigenvalue weighted by Crippen LogP contribution is -3.00. The minimum absolute atomic E-state index is 0. The molecule has 2 nitrogen and oxygen atoms in total. The summed E-state index contributed by atoms with van der Waals surface area (Å²) in [5, 5.41) is 10.7. The van der Waals surface area contributed by atoms with Crippen molar-refractivity contribution in [3.63, 3.8) is 0 Å². The van der Waals surface area contributed by atoms with E-state index in [0.29, 0.717) is 0 Å². The molecule has 0 aliphatic carbocycles. The number of benzene rings is 2. The fourth-order valence-electron chi connectivity index (χ4n) is 2.34. The maximum Gasteiger partial charge on any atom is 0.212 e. The number of para-hydroxylation sites is 1. The highest BCUT2D eigenvalue weighted by Crippen LogP contribution is 2.14. The predicted octanol–water partition coefficient (Wildman–Crippen LogP) is 0.544. The molecular formula is C18H16INO.